The molecule has 1 amide bonds. The first-order valence-electron chi connectivity index (χ1n) is 5.33. The lowest BCUT2D eigenvalue weighted by atomic mass is 10.0. The first-order chi connectivity index (χ1) is 6.65. The Labute approximate surface area is 89.6 Å². The second kappa shape index (κ2) is 3.74. The van der Waals surface area contributed by atoms with Gasteiger partial charge < -0.3 is 10.2 Å². The lowest BCUT2D eigenvalue weighted by molar-refractivity contribution is -0.120. The molecular formula is C10H18N2OS. The minimum Gasteiger partial charge on any atom is -0.341 e. The van der Waals surface area contributed by atoms with Gasteiger partial charge in [-0.3, -0.25) is 4.79 Å². The minimum atomic E-state index is 0.0737. The van der Waals surface area contributed by atoms with E-state index in [1.54, 1.807) is 0 Å². The Kier molecular flexibility index (Phi) is 2.75. The van der Waals surface area contributed by atoms with Gasteiger partial charge in [-0.25, -0.2) is 0 Å². The summed E-state index contributed by atoms with van der Waals surface area (Å²) in [6, 6.07) is 0. The molecule has 0 aromatic heterocycles. The molecule has 1 spiro atoms. The molecule has 0 aromatic rings. The van der Waals surface area contributed by atoms with Gasteiger partial charge >= 0.3 is 0 Å². The number of carbonyl (C=O) groups excluding carboxylic acids is 1. The van der Waals surface area contributed by atoms with E-state index in [0.29, 0.717) is 0 Å². The first kappa shape index (κ1) is 10.3. The number of nitrogens with zero attached hydrogens (tertiary/aromatic N) is 1. The molecule has 2 rings (SSSR count). The summed E-state index contributed by atoms with van der Waals surface area (Å²) in [5, 5.41) is 3.38. The van der Waals surface area contributed by atoms with Gasteiger partial charge in [0.25, 0.3) is 0 Å². The van der Waals surface area contributed by atoms with Crippen molar-refractivity contribution in [2.24, 2.45) is 0 Å². The second-order valence-corrected chi connectivity index (χ2v) is 5.89. The molecule has 1 N–H and O–H groups in total. The van der Waals surface area contributed by atoms with Crippen LogP contribution in [-0.2, 0) is 4.79 Å². The average Bonchev–Trinajstić information content (AvgIpc) is 2.49. The molecule has 2 saturated heterocycles. The molecule has 2 aliphatic heterocycles. The third kappa shape index (κ3) is 1.77. The van der Waals surface area contributed by atoms with Crippen molar-refractivity contribution in [1.29, 1.82) is 0 Å². The Bertz CT molecular complexity index is 236. The average molecular weight is 214 g/mol. The minimum absolute atomic E-state index is 0.0737. The van der Waals surface area contributed by atoms with E-state index in [1.807, 2.05) is 11.8 Å². The molecular weight excluding hydrogens is 196 g/mol. The van der Waals surface area contributed by atoms with Crippen LogP contribution in [0.3, 0.4) is 0 Å². The molecule has 0 saturated carbocycles. The fraction of sp³-hybridized carbons (Fsp3) is 0.900. The van der Waals surface area contributed by atoms with Gasteiger partial charge in [0, 0.05) is 13.1 Å². The number of nitrogens with one attached hydrogen (secondary N) is 1. The maximum Gasteiger partial charge on any atom is 0.234 e. The molecule has 2 fully saturated rings. The number of carbonyl (C=O) groups is 1. The largest absolute Gasteiger partial charge is 0.341 e. The summed E-state index contributed by atoms with van der Waals surface area (Å²) in [5.74, 6) is 0.252. The van der Waals surface area contributed by atoms with Gasteiger partial charge in [-0.2, -0.15) is 0 Å². The zero-order chi connectivity index (χ0) is 10.2. The Morgan fingerprint density at radius 3 is 2.71 bits per heavy atom. The molecule has 1 unspecified atom stereocenters. The zero-order valence-corrected chi connectivity index (χ0v) is 9.69. The highest BCUT2D eigenvalue weighted by atomic mass is 32.2. The van der Waals surface area contributed by atoms with Crippen molar-refractivity contribution in [3.8, 4) is 0 Å². The van der Waals surface area contributed by atoms with Crippen LogP contribution < -0.4 is 5.32 Å². The third-order valence-corrected chi connectivity index (χ3v) is 4.97. The molecule has 0 aromatic carbocycles. The summed E-state index contributed by atoms with van der Waals surface area (Å²) in [5.41, 5.74) is 0. The van der Waals surface area contributed by atoms with E-state index in [4.69, 9.17) is 0 Å². The Balaban J connectivity index is 2.02. The Morgan fingerprint density at radius 2 is 2.21 bits per heavy atom. The quantitative estimate of drug-likeness (QED) is 0.708. The van der Waals surface area contributed by atoms with E-state index < -0.39 is 0 Å². The fourth-order valence-corrected chi connectivity index (χ4v) is 3.61. The van der Waals surface area contributed by atoms with Crippen molar-refractivity contribution in [3.05, 3.63) is 0 Å². The van der Waals surface area contributed by atoms with E-state index in [1.165, 1.54) is 0 Å². The topological polar surface area (TPSA) is 32.3 Å². The maximum atomic E-state index is 11.6. The third-order valence-electron chi connectivity index (χ3n) is 3.18. The lowest BCUT2D eigenvalue weighted by Gasteiger charge is -2.36. The summed E-state index contributed by atoms with van der Waals surface area (Å²) < 4.78 is 0. The van der Waals surface area contributed by atoms with Crippen LogP contribution in [-0.4, -0.2) is 41.1 Å². The van der Waals surface area contributed by atoms with Gasteiger partial charge in [0.05, 0.1) is 10.1 Å². The van der Waals surface area contributed by atoms with Crippen LogP contribution >= 0.6 is 11.8 Å². The molecule has 4 heteroatoms. The normalized spacial score (nSPS) is 32.1. The van der Waals surface area contributed by atoms with Gasteiger partial charge in [-0.1, -0.05) is 6.92 Å². The van der Waals surface area contributed by atoms with Gasteiger partial charge in [-0.05, 0) is 26.3 Å². The van der Waals surface area contributed by atoms with Gasteiger partial charge in [0.2, 0.25) is 5.91 Å². The van der Waals surface area contributed by atoms with Crippen LogP contribution in [0.2, 0.25) is 0 Å². The number of likely N-dealkylation sites (tertiary alicyclic amines) is 1. The van der Waals surface area contributed by atoms with E-state index >= 15 is 0 Å². The van der Waals surface area contributed by atoms with E-state index in [2.05, 4.69) is 24.2 Å². The lowest BCUT2D eigenvalue weighted by Crippen LogP contribution is -2.48. The van der Waals surface area contributed by atoms with Crippen LogP contribution in [0.4, 0.5) is 0 Å². The summed E-state index contributed by atoms with van der Waals surface area (Å²) >= 11 is 1.86. The second-order valence-electron chi connectivity index (χ2n) is 4.30. The molecule has 14 heavy (non-hydrogen) atoms. The SMILES string of the molecule is CCC1SC2(CCN(C)CC2)NC1=O. The Hall–Kier alpha value is -0.220. The number of amides is 1. The molecule has 80 valence electrons. The summed E-state index contributed by atoms with van der Waals surface area (Å²) in [6.07, 6.45) is 3.14. The summed E-state index contributed by atoms with van der Waals surface area (Å²) in [4.78, 5) is 14.0. The molecule has 2 aliphatic rings. The first-order valence-corrected chi connectivity index (χ1v) is 6.21. The molecule has 0 bridgehead atoms. The van der Waals surface area contributed by atoms with Crippen LogP contribution in [0.25, 0.3) is 0 Å². The van der Waals surface area contributed by atoms with Crippen molar-refractivity contribution in [2.75, 3.05) is 20.1 Å². The van der Waals surface area contributed by atoms with Crippen molar-refractivity contribution in [2.45, 2.75) is 36.3 Å². The van der Waals surface area contributed by atoms with E-state index in [9.17, 15) is 4.79 Å². The van der Waals surface area contributed by atoms with Crippen LogP contribution in [0.15, 0.2) is 0 Å². The summed E-state index contributed by atoms with van der Waals surface area (Å²) in [7, 11) is 2.14. The molecule has 2 heterocycles. The number of hydrogen-bond acceptors (Lipinski definition) is 3. The zero-order valence-electron chi connectivity index (χ0n) is 8.88. The number of piperidine rings is 1. The summed E-state index contributed by atoms with van der Waals surface area (Å²) in [6.45, 7) is 4.29. The van der Waals surface area contributed by atoms with Crippen molar-refractivity contribution in [3.63, 3.8) is 0 Å². The van der Waals surface area contributed by atoms with Crippen LogP contribution in [0, 0.1) is 0 Å². The molecule has 1 atom stereocenters. The maximum absolute atomic E-state index is 11.6. The van der Waals surface area contributed by atoms with Gasteiger partial charge in [0.15, 0.2) is 0 Å². The van der Waals surface area contributed by atoms with Crippen molar-refractivity contribution >= 4 is 17.7 Å². The highest BCUT2D eigenvalue weighted by molar-refractivity contribution is 8.02. The highest BCUT2D eigenvalue weighted by Crippen LogP contribution is 2.41. The fourth-order valence-electron chi connectivity index (χ4n) is 2.15. The van der Waals surface area contributed by atoms with Crippen molar-refractivity contribution < 1.29 is 4.79 Å². The van der Waals surface area contributed by atoms with Crippen molar-refractivity contribution in [1.82, 2.24) is 10.2 Å². The monoisotopic (exact) mass is 214 g/mol. The van der Waals surface area contributed by atoms with Crippen LogP contribution in [0.5, 0.6) is 0 Å². The number of thioether (sulfide) groups is 1. The van der Waals surface area contributed by atoms with E-state index in [0.717, 1.165) is 32.4 Å². The standard InChI is InChI=1S/C10H18N2OS/c1-3-8-9(13)11-10(14-8)4-6-12(2)7-5-10/h8H,3-7H2,1-2H3,(H,11,13). The predicted molar refractivity (Wildman–Crippen MR) is 59.3 cm³/mol. The van der Waals surface area contributed by atoms with Gasteiger partial charge in [-0.15, -0.1) is 11.8 Å². The molecule has 0 aliphatic carbocycles. The number of rotatable bonds is 1. The highest BCUT2D eigenvalue weighted by Gasteiger charge is 2.45. The molecule has 0 radical (unpaired) electrons. The predicted octanol–water partition coefficient (Wildman–Crippen LogP) is 1.05. The van der Waals surface area contributed by atoms with Gasteiger partial charge in [0.1, 0.15) is 0 Å². The van der Waals surface area contributed by atoms with E-state index in [-0.39, 0.29) is 16.0 Å². The smallest absolute Gasteiger partial charge is 0.234 e. The number of hydrogen-bond donors (Lipinski definition) is 1. The molecule has 3 nitrogen and oxygen atoms in total. The Morgan fingerprint density at radius 1 is 1.57 bits per heavy atom. The van der Waals surface area contributed by atoms with Crippen LogP contribution in [0.1, 0.15) is 26.2 Å².